The fourth-order valence-electron chi connectivity index (χ4n) is 4.40. The normalized spacial score (nSPS) is 18.5. The van der Waals surface area contributed by atoms with Gasteiger partial charge >= 0.3 is 5.97 Å². The number of benzene rings is 2. The lowest BCUT2D eigenvalue weighted by atomic mass is 9.77. The maximum absolute atomic E-state index is 12.3. The molecular formula is C26H29ClO4. The standard InChI is InChI=1S/C26H29ClO4/c27-23-14-12-22(13-15-23)25(29)3-1-2-24(28)16-18-4-8-20(9-5-18)21-10-6-19(7-11-21)17-26(30)31/h4-5,8-9,12-15,19,21H,1-3,6-7,10-11,16-17H2,(H,30,31). The van der Waals surface area contributed by atoms with Crippen molar-refractivity contribution in [2.75, 3.05) is 0 Å². The molecule has 1 saturated carbocycles. The van der Waals surface area contributed by atoms with E-state index in [-0.39, 0.29) is 18.0 Å². The minimum atomic E-state index is -0.702. The number of rotatable bonds is 10. The second-order valence-electron chi connectivity index (χ2n) is 8.56. The Kier molecular flexibility index (Phi) is 8.42. The molecule has 0 amide bonds. The molecule has 5 heteroatoms. The summed E-state index contributed by atoms with van der Waals surface area (Å²) in [6.07, 6.45) is 5.96. The van der Waals surface area contributed by atoms with Gasteiger partial charge in [0.15, 0.2) is 5.78 Å². The average molecular weight is 441 g/mol. The van der Waals surface area contributed by atoms with E-state index in [0.29, 0.717) is 48.1 Å². The summed E-state index contributed by atoms with van der Waals surface area (Å²) >= 11 is 5.84. The molecule has 0 unspecified atom stereocenters. The Morgan fingerprint density at radius 1 is 0.871 bits per heavy atom. The van der Waals surface area contributed by atoms with E-state index < -0.39 is 5.97 Å². The van der Waals surface area contributed by atoms with E-state index in [4.69, 9.17) is 16.7 Å². The third-order valence-corrected chi connectivity index (χ3v) is 6.44. The second kappa shape index (κ2) is 11.2. The quantitative estimate of drug-likeness (QED) is 0.443. The molecule has 0 heterocycles. The fourth-order valence-corrected chi connectivity index (χ4v) is 4.52. The molecule has 0 aliphatic heterocycles. The van der Waals surface area contributed by atoms with Crippen LogP contribution in [0, 0.1) is 5.92 Å². The molecule has 0 radical (unpaired) electrons. The van der Waals surface area contributed by atoms with Crippen LogP contribution in [-0.4, -0.2) is 22.6 Å². The molecule has 0 bridgehead atoms. The molecule has 4 nitrogen and oxygen atoms in total. The van der Waals surface area contributed by atoms with Gasteiger partial charge in [-0.3, -0.25) is 14.4 Å². The molecule has 164 valence electrons. The summed E-state index contributed by atoms with van der Waals surface area (Å²) in [7, 11) is 0. The lowest BCUT2D eigenvalue weighted by molar-refractivity contribution is -0.138. The van der Waals surface area contributed by atoms with Crippen LogP contribution in [0.25, 0.3) is 0 Å². The second-order valence-corrected chi connectivity index (χ2v) is 8.99. The average Bonchev–Trinajstić information content (AvgIpc) is 2.75. The van der Waals surface area contributed by atoms with Crippen LogP contribution in [0.15, 0.2) is 48.5 Å². The number of carbonyl (C=O) groups excluding carboxylic acids is 2. The van der Waals surface area contributed by atoms with Gasteiger partial charge in [-0.25, -0.2) is 0 Å². The van der Waals surface area contributed by atoms with Gasteiger partial charge in [0.2, 0.25) is 0 Å². The zero-order chi connectivity index (χ0) is 22.2. The van der Waals surface area contributed by atoms with Crippen LogP contribution in [0.2, 0.25) is 5.02 Å². The first-order valence-corrected chi connectivity index (χ1v) is 11.4. The summed E-state index contributed by atoms with van der Waals surface area (Å²) in [5.41, 5.74) is 2.90. The van der Waals surface area contributed by atoms with Crippen LogP contribution in [0.5, 0.6) is 0 Å². The number of hydrogen-bond acceptors (Lipinski definition) is 3. The van der Waals surface area contributed by atoms with Crippen molar-refractivity contribution < 1.29 is 19.5 Å². The number of carboxylic acids is 1. The first-order chi connectivity index (χ1) is 14.9. The zero-order valence-corrected chi connectivity index (χ0v) is 18.4. The Hall–Kier alpha value is -2.46. The number of halogens is 1. The van der Waals surface area contributed by atoms with Gasteiger partial charge in [0.25, 0.3) is 0 Å². The highest BCUT2D eigenvalue weighted by molar-refractivity contribution is 6.30. The van der Waals surface area contributed by atoms with Gasteiger partial charge in [-0.15, -0.1) is 0 Å². The van der Waals surface area contributed by atoms with Crippen molar-refractivity contribution in [2.24, 2.45) is 5.92 Å². The molecule has 0 atom stereocenters. The van der Waals surface area contributed by atoms with Crippen molar-refractivity contribution >= 4 is 29.1 Å². The molecule has 0 saturated heterocycles. The number of hydrogen-bond donors (Lipinski definition) is 1. The molecule has 1 aliphatic carbocycles. The van der Waals surface area contributed by atoms with Gasteiger partial charge in [-0.1, -0.05) is 35.9 Å². The molecule has 31 heavy (non-hydrogen) atoms. The summed E-state index contributed by atoms with van der Waals surface area (Å²) in [5.74, 6) is 0.260. The number of Topliss-reactive ketones (excluding diaryl/α,β-unsaturated/α-hetero) is 2. The van der Waals surface area contributed by atoms with E-state index >= 15 is 0 Å². The number of ketones is 2. The molecule has 2 aromatic carbocycles. The van der Waals surface area contributed by atoms with Gasteiger partial charge in [0.05, 0.1) is 0 Å². The van der Waals surface area contributed by atoms with Crippen LogP contribution in [0.1, 0.15) is 78.8 Å². The van der Waals surface area contributed by atoms with Crippen molar-refractivity contribution in [3.8, 4) is 0 Å². The number of carboxylic acid groups (broad SMARTS) is 1. The lowest BCUT2D eigenvalue weighted by Gasteiger charge is -2.28. The van der Waals surface area contributed by atoms with Crippen LogP contribution in [0.3, 0.4) is 0 Å². The van der Waals surface area contributed by atoms with Gasteiger partial charge < -0.3 is 5.11 Å². The highest BCUT2D eigenvalue weighted by atomic mass is 35.5. The van der Waals surface area contributed by atoms with Crippen molar-refractivity contribution in [3.05, 3.63) is 70.2 Å². The molecule has 2 aromatic rings. The summed E-state index contributed by atoms with van der Waals surface area (Å²) in [6, 6.07) is 15.1. The Bertz CT molecular complexity index is 894. The Labute approximate surface area is 188 Å². The molecule has 0 aromatic heterocycles. The smallest absolute Gasteiger partial charge is 0.303 e. The third-order valence-electron chi connectivity index (χ3n) is 6.19. The van der Waals surface area contributed by atoms with Crippen LogP contribution < -0.4 is 0 Å². The van der Waals surface area contributed by atoms with Crippen molar-refractivity contribution in [1.82, 2.24) is 0 Å². The van der Waals surface area contributed by atoms with E-state index in [1.54, 1.807) is 24.3 Å². The lowest BCUT2D eigenvalue weighted by Crippen LogP contribution is -2.16. The predicted octanol–water partition coefficient (Wildman–Crippen LogP) is 6.25. The highest BCUT2D eigenvalue weighted by Gasteiger charge is 2.24. The SMILES string of the molecule is O=C(O)CC1CCC(c2ccc(CC(=O)CCCC(=O)c3ccc(Cl)cc3)cc2)CC1. The van der Waals surface area contributed by atoms with Gasteiger partial charge in [-0.05, 0) is 79.3 Å². The molecule has 1 fully saturated rings. The Balaban J connectivity index is 1.40. The van der Waals surface area contributed by atoms with E-state index in [0.717, 1.165) is 31.2 Å². The minimum Gasteiger partial charge on any atom is -0.481 e. The van der Waals surface area contributed by atoms with Crippen molar-refractivity contribution in [2.45, 2.75) is 63.7 Å². The van der Waals surface area contributed by atoms with Crippen molar-refractivity contribution in [1.29, 1.82) is 0 Å². The molecular weight excluding hydrogens is 412 g/mol. The predicted molar refractivity (Wildman–Crippen MR) is 122 cm³/mol. The maximum atomic E-state index is 12.3. The van der Waals surface area contributed by atoms with Crippen molar-refractivity contribution in [3.63, 3.8) is 0 Å². The van der Waals surface area contributed by atoms with E-state index in [1.807, 2.05) is 12.1 Å². The van der Waals surface area contributed by atoms with E-state index in [9.17, 15) is 14.4 Å². The van der Waals surface area contributed by atoms with Gasteiger partial charge in [0.1, 0.15) is 5.78 Å². The summed E-state index contributed by atoms with van der Waals surface area (Å²) in [6.45, 7) is 0. The first kappa shape index (κ1) is 23.2. The van der Waals surface area contributed by atoms with Crippen LogP contribution in [-0.2, 0) is 16.0 Å². The zero-order valence-electron chi connectivity index (χ0n) is 17.7. The molecule has 1 aliphatic rings. The summed E-state index contributed by atoms with van der Waals surface area (Å²) in [5, 5.41) is 9.55. The summed E-state index contributed by atoms with van der Waals surface area (Å²) < 4.78 is 0. The molecule has 1 N–H and O–H groups in total. The molecule has 0 spiro atoms. The Morgan fingerprint density at radius 3 is 2.13 bits per heavy atom. The largest absolute Gasteiger partial charge is 0.481 e. The molecule has 3 rings (SSSR count). The third kappa shape index (κ3) is 7.32. The van der Waals surface area contributed by atoms with Gasteiger partial charge in [0, 0.05) is 36.3 Å². The summed E-state index contributed by atoms with van der Waals surface area (Å²) in [4.78, 5) is 35.4. The van der Waals surface area contributed by atoms with E-state index in [2.05, 4.69) is 12.1 Å². The fraction of sp³-hybridized carbons (Fsp3) is 0.423. The van der Waals surface area contributed by atoms with Gasteiger partial charge in [-0.2, -0.15) is 0 Å². The number of aliphatic carboxylic acids is 1. The topological polar surface area (TPSA) is 71.4 Å². The number of carbonyl (C=O) groups is 3. The highest BCUT2D eigenvalue weighted by Crippen LogP contribution is 2.37. The maximum Gasteiger partial charge on any atom is 0.303 e. The first-order valence-electron chi connectivity index (χ1n) is 11.0. The minimum absolute atomic E-state index is 0.0342. The monoisotopic (exact) mass is 440 g/mol. The van der Waals surface area contributed by atoms with E-state index in [1.165, 1.54) is 5.56 Å². The van der Waals surface area contributed by atoms with Crippen LogP contribution >= 0.6 is 11.6 Å². The Morgan fingerprint density at radius 2 is 1.52 bits per heavy atom. The van der Waals surface area contributed by atoms with Crippen LogP contribution in [0.4, 0.5) is 0 Å².